The van der Waals surface area contributed by atoms with E-state index >= 15 is 0 Å². The van der Waals surface area contributed by atoms with Gasteiger partial charge in [0.05, 0.1) is 0 Å². The summed E-state index contributed by atoms with van der Waals surface area (Å²) in [6, 6.07) is 57.5. The van der Waals surface area contributed by atoms with Crippen LogP contribution in [0.3, 0.4) is 0 Å². The number of aryl methyl sites for hydroxylation is 1. The SMILES string of the molecule is Cc1ccc(N(c2ccc(-c3ccc4ccc5ccc6nc(-c7ccccc7)oc6c5c4c3)cc2)c2ccc3oc4ccccc4c3c2)cc1. The van der Waals surface area contributed by atoms with E-state index in [1.54, 1.807) is 0 Å². The van der Waals surface area contributed by atoms with Crippen molar-refractivity contribution in [3.8, 4) is 22.6 Å². The molecule has 2 heterocycles. The van der Waals surface area contributed by atoms with E-state index in [0.717, 1.165) is 88.3 Å². The van der Waals surface area contributed by atoms with Crippen molar-refractivity contribution < 1.29 is 8.83 Å². The van der Waals surface area contributed by atoms with Gasteiger partial charge in [-0.2, -0.15) is 0 Å². The van der Waals surface area contributed by atoms with Gasteiger partial charge in [0.1, 0.15) is 16.7 Å². The maximum absolute atomic E-state index is 6.48. The smallest absolute Gasteiger partial charge is 0.227 e. The molecule has 8 aromatic carbocycles. The van der Waals surface area contributed by atoms with E-state index < -0.39 is 0 Å². The number of rotatable bonds is 5. The van der Waals surface area contributed by atoms with Crippen molar-refractivity contribution in [1.29, 1.82) is 0 Å². The van der Waals surface area contributed by atoms with E-state index in [2.05, 4.69) is 133 Å². The second kappa shape index (κ2) is 11.2. The molecular weight excluding hydrogens is 613 g/mol. The number of hydrogen-bond acceptors (Lipinski definition) is 4. The number of benzene rings is 8. The fourth-order valence-corrected chi connectivity index (χ4v) is 7.20. The molecule has 0 bridgehead atoms. The molecule has 0 saturated heterocycles. The Balaban J connectivity index is 1.08. The van der Waals surface area contributed by atoms with Crippen molar-refractivity contribution in [3.63, 3.8) is 0 Å². The molecule has 0 saturated carbocycles. The second-order valence-corrected chi connectivity index (χ2v) is 12.9. The number of aromatic nitrogens is 1. The number of nitrogens with zero attached hydrogens (tertiary/aromatic N) is 2. The zero-order valence-corrected chi connectivity index (χ0v) is 27.3. The van der Waals surface area contributed by atoms with Crippen LogP contribution in [0.5, 0.6) is 0 Å². The molecule has 0 amide bonds. The zero-order valence-electron chi connectivity index (χ0n) is 27.3. The first kappa shape index (κ1) is 28.4. The van der Waals surface area contributed by atoms with Gasteiger partial charge in [0, 0.05) is 38.8 Å². The maximum atomic E-state index is 6.48. The first-order valence-corrected chi connectivity index (χ1v) is 16.9. The Labute approximate surface area is 288 Å². The minimum absolute atomic E-state index is 0.634. The van der Waals surface area contributed by atoms with Crippen molar-refractivity contribution in [2.24, 2.45) is 0 Å². The van der Waals surface area contributed by atoms with E-state index in [1.165, 1.54) is 5.56 Å². The highest BCUT2D eigenvalue weighted by molar-refractivity contribution is 6.18. The summed E-state index contributed by atoms with van der Waals surface area (Å²) in [5.41, 5.74) is 11.2. The van der Waals surface area contributed by atoms with Crippen molar-refractivity contribution in [2.45, 2.75) is 6.92 Å². The molecular formula is C46H30N2O2. The lowest BCUT2D eigenvalue weighted by molar-refractivity contribution is 0.623. The van der Waals surface area contributed by atoms with Gasteiger partial charge in [0.15, 0.2) is 5.58 Å². The van der Waals surface area contributed by atoms with E-state index in [4.69, 9.17) is 13.8 Å². The molecule has 10 aromatic rings. The van der Waals surface area contributed by atoms with Gasteiger partial charge in [-0.3, -0.25) is 0 Å². The molecule has 0 atom stereocenters. The normalized spacial score (nSPS) is 11.7. The van der Waals surface area contributed by atoms with E-state index in [9.17, 15) is 0 Å². The lowest BCUT2D eigenvalue weighted by Gasteiger charge is -2.26. The average molecular weight is 643 g/mol. The largest absolute Gasteiger partial charge is 0.456 e. The number of hydrogen-bond donors (Lipinski definition) is 0. The third-order valence-corrected chi connectivity index (χ3v) is 9.75. The minimum Gasteiger partial charge on any atom is -0.456 e. The summed E-state index contributed by atoms with van der Waals surface area (Å²) in [6.07, 6.45) is 0. The first-order valence-electron chi connectivity index (χ1n) is 16.9. The second-order valence-electron chi connectivity index (χ2n) is 12.9. The van der Waals surface area contributed by atoms with Gasteiger partial charge >= 0.3 is 0 Å². The quantitative estimate of drug-likeness (QED) is 0.175. The zero-order chi connectivity index (χ0) is 33.2. The monoisotopic (exact) mass is 642 g/mol. The summed E-state index contributed by atoms with van der Waals surface area (Å²) in [5, 5.41) is 6.74. The van der Waals surface area contributed by atoms with Crippen LogP contribution >= 0.6 is 0 Å². The number of furan rings is 1. The Morgan fingerprint density at radius 1 is 0.460 bits per heavy atom. The highest BCUT2D eigenvalue weighted by atomic mass is 16.3. The van der Waals surface area contributed by atoms with E-state index in [-0.39, 0.29) is 0 Å². The van der Waals surface area contributed by atoms with Crippen molar-refractivity contribution in [2.75, 3.05) is 4.90 Å². The fraction of sp³-hybridized carbons (Fsp3) is 0.0217. The molecule has 0 radical (unpaired) electrons. The molecule has 0 unspecified atom stereocenters. The van der Waals surface area contributed by atoms with Crippen molar-refractivity contribution in [1.82, 2.24) is 4.98 Å². The first-order chi connectivity index (χ1) is 24.7. The number of fused-ring (bicyclic) bond motifs is 8. The van der Waals surface area contributed by atoms with Gasteiger partial charge in [-0.15, -0.1) is 0 Å². The topological polar surface area (TPSA) is 42.4 Å². The van der Waals surface area contributed by atoms with Crippen LogP contribution in [-0.4, -0.2) is 4.98 Å². The highest BCUT2D eigenvalue weighted by Gasteiger charge is 2.17. The summed E-state index contributed by atoms with van der Waals surface area (Å²) < 4.78 is 12.6. The molecule has 236 valence electrons. The Kier molecular flexibility index (Phi) is 6.36. The molecule has 2 aromatic heterocycles. The predicted octanol–water partition coefficient (Wildman–Crippen LogP) is 13.1. The summed E-state index contributed by atoms with van der Waals surface area (Å²) in [5.74, 6) is 0.634. The average Bonchev–Trinajstić information content (AvgIpc) is 3.78. The van der Waals surface area contributed by atoms with Crippen LogP contribution in [0, 0.1) is 6.92 Å². The van der Waals surface area contributed by atoms with Crippen LogP contribution in [-0.2, 0) is 0 Å². The fourth-order valence-electron chi connectivity index (χ4n) is 7.20. The maximum Gasteiger partial charge on any atom is 0.227 e. The van der Waals surface area contributed by atoms with Gasteiger partial charge in [0.2, 0.25) is 5.89 Å². The van der Waals surface area contributed by atoms with Gasteiger partial charge in [-0.05, 0) is 107 Å². The van der Waals surface area contributed by atoms with Crippen LogP contribution < -0.4 is 4.90 Å². The Morgan fingerprint density at radius 2 is 1.12 bits per heavy atom. The number of anilines is 3. The molecule has 10 rings (SSSR count). The lowest BCUT2D eigenvalue weighted by atomic mass is 9.96. The molecule has 0 aliphatic carbocycles. The predicted molar refractivity (Wildman–Crippen MR) is 207 cm³/mol. The molecule has 0 N–H and O–H groups in total. The highest BCUT2D eigenvalue weighted by Crippen LogP contribution is 2.40. The van der Waals surface area contributed by atoms with Crippen LogP contribution in [0.4, 0.5) is 17.1 Å². The van der Waals surface area contributed by atoms with Crippen molar-refractivity contribution >= 4 is 71.6 Å². The minimum atomic E-state index is 0.634. The van der Waals surface area contributed by atoms with Gasteiger partial charge in [-0.25, -0.2) is 4.98 Å². The third-order valence-electron chi connectivity index (χ3n) is 9.75. The Morgan fingerprint density at radius 3 is 1.96 bits per heavy atom. The van der Waals surface area contributed by atoms with Crippen LogP contribution in [0.1, 0.15) is 5.56 Å². The Hall–Kier alpha value is -6.65. The summed E-state index contributed by atoms with van der Waals surface area (Å²) >= 11 is 0. The summed E-state index contributed by atoms with van der Waals surface area (Å²) in [4.78, 5) is 7.16. The number of oxazole rings is 1. The van der Waals surface area contributed by atoms with E-state index in [0.29, 0.717) is 5.89 Å². The van der Waals surface area contributed by atoms with Crippen LogP contribution in [0.2, 0.25) is 0 Å². The molecule has 0 aliphatic heterocycles. The number of para-hydroxylation sites is 1. The van der Waals surface area contributed by atoms with E-state index in [1.807, 2.05) is 42.5 Å². The van der Waals surface area contributed by atoms with Crippen LogP contribution in [0.25, 0.3) is 77.2 Å². The summed E-state index contributed by atoms with van der Waals surface area (Å²) in [7, 11) is 0. The molecule has 4 heteroatoms. The Bertz CT molecular complexity index is 2870. The molecule has 50 heavy (non-hydrogen) atoms. The summed E-state index contributed by atoms with van der Waals surface area (Å²) in [6.45, 7) is 2.12. The molecule has 0 aliphatic rings. The standard InChI is InChI=1S/C46H30N2O2/c1-29-11-20-35(21-12-29)48(37-24-26-43-40(28-37)38-9-5-6-10-42(38)49-43)36-22-17-30(18-23-36)34-16-14-31-13-15-32-19-25-41-45(44(32)39(31)27-34)50-46(47-41)33-7-3-2-4-8-33/h2-28H,1H3. The molecule has 4 nitrogen and oxygen atoms in total. The van der Waals surface area contributed by atoms with Gasteiger partial charge in [0.25, 0.3) is 0 Å². The molecule has 0 fully saturated rings. The lowest BCUT2D eigenvalue weighted by Crippen LogP contribution is -2.09. The molecule has 0 spiro atoms. The van der Waals surface area contributed by atoms with Gasteiger partial charge < -0.3 is 13.7 Å². The third kappa shape index (κ3) is 4.65. The van der Waals surface area contributed by atoms with Gasteiger partial charge in [-0.1, -0.05) is 96.6 Å². The van der Waals surface area contributed by atoms with Crippen LogP contribution in [0.15, 0.2) is 173 Å². The van der Waals surface area contributed by atoms with Crippen molar-refractivity contribution in [3.05, 3.63) is 169 Å².